The molecule has 0 bridgehead atoms. The van der Waals surface area contributed by atoms with E-state index < -0.39 is 0 Å². The molecule has 5 heteroatoms. The van der Waals surface area contributed by atoms with Crippen LogP contribution in [0.1, 0.15) is 44.3 Å². The van der Waals surface area contributed by atoms with Crippen LogP contribution in [0.4, 0.5) is 5.82 Å². The zero-order chi connectivity index (χ0) is 10.8. The first-order valence-corrected chi connectivity index (χ1v) is 5.48. The van der Waals surface area contributed by atoms with E-state index >= 15 is 0 Å². The average Bonchev–Trinajstić information content (AvgIpc) is 2.61. The van der Waals surface area contributed by atoms with E-state index in [0.717, 1.165) is 31.7 Å². The standard InChI is InChI=1S/C10H18N4O/c1-7(2)14-9(10(11)12-13-14)8-3-5-15-6-4-8/h7-8H,3-6,11H2,1-2H3. The molecule has 84 valence electrons. The summed E-state index contributed by atoms with van der Waals surface area (Å²) in [5.74, 6) is 1.03. The molecule has 0 aromatic carbocycles. The van der Waals surface area contributed by atoms with E-state index in [0.29, 0.717) is 17.8 Å². The topological polar surface area (TPSA) is 66.0 Å². The molecule has 1 aliphatic rings. The van der Waals surface area contributed by atoms with Crippen molar-refractivity contribution >= 4 is 5.82 Å². The lowest BCUT2D eigenvalue weighted by Gasteiger charge is -2.23. The van der Waals surface area contributed by atoms with Crippen LogP contribution in [-0.4, -0.2) is 28.2 Å². The molecule has 1 aromatic rings. The van der Waals surface area contributed by atoms with Gasteiger partial charge in [-0.25, -0.2) is 4.68 Å². The molecule has 0 aliphatic carbocycles. The molecule has 0 atom stereocenters. The number of hydrogen-bond acceptors (Lipinski definition) is 4. The molecular formula is C10H18N4O. The predicted octanol–water partition coefficient (Wildman–Crippen LogP) is 1.34. The van der Waals surface area contributed by atoms with E-state index in [9.17, 15) is 0 Å². The van der Waals surface area contributed by atoms with Crippen molar-refractivity contribution in [2.45, 2.75) is 38.6 Å². The lowest BCUT2D eigenvalue weighted by molar-refractivity contribution is 0.0833. The summed E-state index contributed by atoms with van der Waals surface area (Å²) in [4.78, 5) is 0. The quantitative estimate of drug-likeness (QED) is 0.799. The Balaban J connectivity index is 2.28. The lowest BCUT2D eigenvalue weighted by Crippen LogP contribution is -2.19. The van der Waals surface area contributed by atoms with Gasteiger partial charge in [-0.15, -0.1) is 5.10 Å². The minimum Gasteiger partial charge on any atom is -0.381 e. The number of nitrogens with zero attached hydrogens (tertiary/aromatic N) is 3. The molecule has 1 saturated heterocycles. The minimum atomic E-state index is 0.313. The molecule has 0 radical (unpaired) electrons. The van der Waals surface area contributed by atoms with Gasteiger partial charge in [0.05, 0.1) is 5.69 Å². The van der Waals surface area contributed by atoms with Crippen molar-refractivity contribution in [3.63, 3.8) is 0 Å². The fourth-order valence-corrected chi connectivity index (χ4v) is 2.06. The van der Waals surface area contributed by atoms with E-state index in [2.05, 4.69) is 24.2 Å². The molecule has 15 heavy (non-hydrogen) atoms. The van der Waals surface area contributed by atoms with E-state index in [1.165, 1.54) is 0 Å². The van der Waals surface area contributed by atoms with Crippen LogP contribution in [0, 0.1) is 0 Å². The van der Waals surface area contributed by atoms with E-state index in [4.69, 9.17) is 10.5 Å². The maximum absolute atomic E-state index is 5.87. The first kappa shape index (κ1) is 10.4. The molecule has 1 aromatic heterocycles. The number of nitrogens with two attached hydrogens (primary N) is 1. The highest BCUT2D eigenvalue weighted by molar-refractivity contribution is 5.36. The van der Waals surface area contributed by atoms with Gasteiger partial charge in [0.2, 0.25) is 0 Å². The first-order chi connectivity index (χ1) is 7.20. The second-order valence-electron chi connectivity index (χ2n) is 4.28. The molecule has 0 amide bonds. The van der Waals surface area contributed by atoms with Gasteiger partial charge in [-0.3, -0.25) is 0 Å². The molecule has 1 aliphatic heterocycles. The number of anilines is 1. The summed E-state index contributed by atoms with van der Waals surface area (Å²) in [6.45, 7) is 5.81. The second kappa shape index (κ2) is 4.18. The molecule has 5 nitrogen and oxygen atoms in total. The molecule has 0 saturated carbocycles. The fourth-order valence-electron chi connectivity index (χ4n) is 2.06. The summed E-state index contributed by atoms with van der Waals surface area (Å²) in [5.41, 5.74) is 6.97. The summed E-state index contributed by atoms with van der Waals surface area (Å²) in [6.07, 6.45) is 2.04. The Bertz CT molecular complexity index is 328. The molecule has 2 heterocycles. The van der Waals surface area contributed by atoms with Gasteiger partial charge in [0.1, 0.15) is 0 Å². The van der Waals surface area contributed by atoms with Gasteiger partial charge in [0.15, 0.2) is 5.82 Å². The highest BCUT2D eigenvalue weighted by atomic mass is 16.5. The Kier molecular flexibility index (Phi) is 2.90. The van der Waals surface area contributed by atoms with Gasteiger partial charge in [-0.05, 0) is 26.7 Å². The predicted molar refractivity (Wildman–Crippen MR) is 57.6 cm³/mol. The number of rotatable bonds is 2. The van der Waals surface area contributed by atoms with E-state index in [1.807, 2.05) is 4.68 Å². The van der Waals surface area contributed by atoms with Crippen molar-refractivity contribution in [2.75, 3.05) is 18.9 Å². The van der Waals surface area contributed by atoms with Crippen LogP contribution in [0.2, 0.25) is 0 Å². The zero-order valence-electron chi connectivity index (χ0n) is 9.31. The third-order valence-electron chi connectivity index (χ3n) is 2.86. The van der Waals surface area contributed by atoms with Crippen LogP contribution in [0.15, 0.2) is 0 Å². The van der Waals surface area contributed by atoms with Crippen LogP contribution in [-0.2, 0) is 4.74 Å². The molecule has 0 unspecified atom stereocenters. The van der Waals surface area contributed by atoms with Crippen LogP contribution < -0.4 is 5.73 Å². The molecule has 2 rings (SSSR count). The summed E-state index contributed by atoms with van der Waals surface area (Å²) >= 11 is 0. The number of hydrogen-bond donors (Lipinski definition) is 1. The van der Waals surface area contributed by atoms with Crippen molar-refractivity contribution in [1.82, 2.24) is 15.0 Å². The Morgan fingerprint density at radius 3 is 2.67 bits per heavy atom. The van der Waals surface area contributed by atoms with Crippen LogP contribution in [0.5, 0.6) is 0 Å². The first-order valence-electron chi connectivity index (χ1n) is 5.48. The van der Waals surface area contributed by atoms with Gasteiger partial charge >= 0.3 is 0 Å². The van der Waals surface area contributed by atoms with Crippen LogP contribution in [0.25, 0.3) is 0 Å². The summed E-state index contributed by atoms with van der Waals surface area (Å²) < 4.78 is 7.28. The third kappa shape index (κ3) is 1.97. The second-order valence-corrected chi connectivity index (χ2v) is 4.28. The Labute approximate surface area is 89.6 Å². The number of ether oxygens (including phenoxy) is 1. The van der Waals surface area contributed by atoms with Crippen LogP contribution in [0.3, 0.4) is 0 Å². The van der Waals surface area contributed by atoms with Crippen molar-refractivity contribution in [2.24, 2.45) is 0 Å². The smallest absolute Gasteiger partial charge is 0.169 e. The maximum Gasteiger partial charge on any atom is 0.169 e. The van der Waals surface area contributed by atoms with Gasteiger partial charge < -0.3 is 10.5 Å². The third-order valence-corrected chi connectivity index (χ3v) is 2.86. The molecule has 0 spiro atoms. The van der Waals surface area contributed by atoms with E-state index in [-0.39, 0.29) is 0 Å². The zero-order valence-corrected chi connectivity index (χ0v) is 9.31. The Morgan fingerprint density at radius 2 is 2.07 bits per heavy atom. The van der Waals surface area contributed by atoms with Crippen molar-refractivity contribution in [1.29, 1.82) is 0 Å². The van der Waals surface area contributed by atoms with E-state index in [1.54, 1.807) is 0 Å². The van der Waals surface area contributed by atoms with Crippen molar-refractivity contribution in [3.05, 3.63) is 5.69 Å². The summed E-state index contributed by atoms with van der Waals surface area (Å²) in [6, 6.07) is 0.313. The van der Waals surface area contributed by atoms with Crippen LogP contribution >= 0.6 is 0 Å². The largest absolute Gasteiger partial charge is 0.381 e. The Morgan fingerprint density at radius 1 is 1.40 bits per heavy atom. The highest BCUT2D eigenvalue weighted by Gasteiger charge is 2.24. The average molecular weight is 210 g/mol. The summed E-state index contributed by atoms with van der Waals surface area (Å²) in [7, 11) is 0. The lowest BCUT2D eigenvalue weighted by atomic mass is 9.96. The monoisotopic (exact) mass is 210 g/mol. The normalized spacial score (nSPS) is 18.6. The van der Waals surface area contributed by atoms with Gasteiger partial charge in [0, 0.05) is 25.2 Å². The molecule has 1 fully saturated rings. The number of nitrogen functional groups attached to an aromatic ring is 1. The molecular weight excluding hydrogens is 192 g/mol. The van der Waals surface area contributed by atoms with Crippen molar-refractivity contribution < 1.29 is 4.74 Å². The van der Waals surface area contributed by atoms with Gasteiger partial charge in [0.25, 0.3) is 0 Å². The maximum atomic E-state index is 5.87. The number of aromatic nitrogens is 3. The Hall–Kier alpha value is -1.10. The minimum absolute atomic E-state index is 0.313. The van der Waals surface area contributed by atoms with Gasteiger partial charge in [-0.2, -0.15) is 0 Å². The molecule has 2 N–H and O–H groups in total. The highest BCUT2D eigenvalue weighted by Crippen LogP contribution is 2.30. The van der Waals surface area contributed by atoms with Gasteiger partial charge in [-0.1, -0.05) is 5.21 Å². The summed E-state index contributed by atoms with van der Waals surface area (Å²) in [5, 5.41) is 8.05. The fraction of sp³-hybridized carbons (Fsp3) is 0.800. The van der Waals surface area contributed by atoms with Crippen molar-refractivity contribution in [3.8, 4) is 0 Å². The SMILES string of the molecule is CC(C)n1nnc(N)c1C1CCOCC1.